The summed E-state index contributed by atoms with van der Waals surface area (Å²) in [6.45, 7) is 1.37. The second kappa shape index (κ2) is 6.58. The monoisotopic (exact) mass is 322 g/mol. The van der Waals surface area contributed by atoms with Crippen molar-refractivity contribution in [3.63, 3.8) is 0 Å². The van der Waals surface area contributed by atoms with E-state index in [1.54, 1.807) is 13.2 Å². The number of methoxy groups -OCH3 is 1. The minimum absolute atomic E-state index is 0.392. The Labute approximate surface area is 140 Å². The molecule has 122 valence electrons. The Morgan fingerprint density at radius 1 is 1.12 bits per heavy atom. The highest BCUT2D eigenvalue weighted by Gasteiger charge is 2.11. The van der Waals surface area contributed by atoms with Gasteiger partial charge in [0.05, 0.1) is 18.1 Å². The van der Waals surface area contributed by atoms with Crippen LogP contribution in [0.3, 0.4) is 0 Å². The van der Waals surface area contributed by atoms with Crippen LogP contribution in [0.5, 0.6) is 11.5 Å². The van der Waals surface area contributed by atoms with Crippen LogP contribution in [0.1, 0.15) is 18.3 Å². The predicted molar refractivity (Wildman–Crippen MR) is 93.9 cm³/mol. The molecular weight excluding hydrogens is 304 g/mol. The maximum atomic E-state index is 11.4. The van der Waals surface area contributed by atoms with E-state index < -0.39 is 5.97 Å². The van der Waals surface area contributed by atoms with Crippen molar-refractivity contribution in [1.29, 1.82) is 0 Å². The van der Waals surface area contributed by atoms with Crippen LogP contribution < -0.4 is 9.47 Å². The summed E-state index contributed by atoms with van der Waals surface area (Å²) in [6.07, 6.45) is 3.75. The maximum Gasteiger partial charge on any atom is 0.308 e. The van der Waals surface area contributed by atoms with Crippen LogP contribution in [-0.4, -0.2) is 22.6 Å². The van der Waals surface area contributed by atoms with Crippen molar-refractivity contribution in [2.24, 2.45) is 7.05 Å². The van der Waals surface area contributed by atoms with Gasteiger partial charge in [0.25, 0.3) is 0 Å². The van der Waals surface area contributed by atoms with Crippen LogP contribution in [0.4, 0.5) is 0 Å². The van der Waals surface area contributed by atoms with Gasteiger partial charge in [-0.2, -0.15) is 0 Å². The fourth-order valence-corrected chi connectivity index (χ4v) is 2.56. The van der Waals surface area contributed by atoms with Crippen molar-refractivity contribution in [3.8, 4) is 11.5 Å². The largest absolute Gasteiger partial charge is 0.493 e. The number of carbonyl (C=O) groups is 1. The molecule has 0 saturated carbocycles. The number of esters is 1. The fourth-order valence-electron chi connectivity index (χ4n) is 2.56. The van der Waals surface area contributed by atoms with E-state index in [9.17, 15) is 4.79 Å². The van der Waals surface area contributed by atoms with E-state index in [1.165, 1.54) is 6.92 Å². The number of aromatic nitrogens is 2. The van der Waals surface area contributed by atoms with Gasteiger partial charge < -0.3 is 14.0 Å². The van der Waals surface area contributed by atoms with Crippen LogP contribution in [0.2, 0.25) is 0 Å². The molecule has 0 atom stereocenters. The maximum absolute atomic E-state index is 11.4. The summed E-state index contributed by atoms with van der Waals surface area (Å²) in [5.74, 6) is 1.34. The summed E-state index contributed by atoms with van der Waals surface area (Å²) in [5, 5.41) is 0. The Morgan fingerprint density at radius 3 is 2.62 bits per heavy atom. The number of imidazole rings is 1. The van der Waals surface area contributed by atoms with Crippen LogP contribution in [-0.2, 0) is 11.8 Å². The first-order valence-electron chi connectivity index (χ1n) is 7.55. The van der Waals surface area contributed by atoms with Crippen LogP contribution in [0.15, 0.2) is 42.5 Å². The molecule has 3 rings (SSSR count). The lowest BCUT2D eigenvalue weighted by molar-refractivity contribution is -0.132. The van der Waals surface area contributed by atoms with Crippen LogP contribution >= 0.6 is 0 Å². The second-order valence-corrected chi connectivity index (χ2v) is 5.32. The number of benzene rings is 2. The van der Waals surface area contributed by atoms with Crippen molar-refractivity contribution in [2.75, 3.05) is 7.11 Å². The molecule has 3 aromatic rings. The molecule has 0 aliphatic heterocycles. The van der Waals surface area contributed by atoms with Crippen LogP contribution in [0, 0.1) is 0 Å². The zero-order valence-electron chi connectivity index (χ0n) is 13.8. The molecule has 0 saturated heterocycles. The summed E-state index contributed by atoms with van der Waals surface area (Å²) in [6, 6.07) is 13.4. The summed E-state index contributed by atoms with van der Waals surface area (Å²) in [5.41, 5.74) is 2.74. The van der Waals surface area contributed by atoms with Gasteiger partial charge >= 0.3 is 5.97 Å². The van der Waals surface area contributed by atoms with Crippen molar-refractivity contribution in [1.82, 2.24) is 9.55 Å². The van der Waals surface area contributed by atoms with Gasteiger partial charge in [0, 0.05) is 19.5 Å². The molecule has 2 aromatic carbocycles. The molecule has 0 aliphatic carbocycles. The molecule has 1 aromatic heterocycles. The number of para-hydroxylation sites is 3. The SMILES string of the molecule is COc1cccc(/C=C/c2nc3ccccc3n2C)c1OC(C)=O. The number of nitrogens with zero attached hydrogens (tertiary/aromatic N) is 2. The Hall–Kier alpha value is -3.08. The van der Waals surface area contributed by atoms with Gasteiger partial charge in [-0.15, -0.1) is 0 Å². The highest BCUT2D eigenvalue weighted by Crippen LogP contribution is 2.32. The van der Waals surface area contributed by atoms with Crippen molar-refractivity contribution in [2.45, 2.75) is 6.92 Å². The molecular formula is C19H18N2O3. The number of carbonyl (C=O) groups excluding carboxylic acids is 1. The number of ether oxygens (including phenoxy) is 2. The summed E-state index contributed by atoms with van der Waals surface area (Å²) < 4.78 is 12.6. The molecule has 0 bridgehead atoms. The lowest BCUT2D eigenvalue weighted by Crippen LogP contribution is -2.04. The third kappa shape index (κ3) is 3.01. The average Bonchev–Trinajstić information content (AvgIpc) is 2.90. The van der Waals surface area contributed by atoms with E-state index >= 15 is 0 Å². The number of hydrogen-bond donors (Lipinski definition) is 0. The van der Waals surface area contributed by atoms with Gasteiger partial charge in [-0.25, -0.2) is 4.98 Å². The van der Waals surface area contributed by atoms with Crippen LogP contribution in [0.25, 0.3) is 23.2 Å². The molecule has 24 heavy (non-hydrogen) atoms. The Balaban J connectivity index is 2.02. The van der Waals surface area contributed by atoms with Gasteiger partial charge in [-0.1, -0.05) is 24.3 Å². The van der Waals surface area contributed by atoms with E-state index in [0.717, 1.165) is 22.4 Å². The molecule has 0 N–H and O–H groups in total. The number of aryl methyl sites for hydroxylation is 1. The smallest absolute Gasteiger partial charge is 0.308 e. The topological polar surface area (TPSA) is 53.4 Å². The first kappa shape index (κ1) is 15.8. The van der Waals surface area contributed by atoms with E-state index in [2.05, 4.69) is 4.98 Å². The van der Waals surface area contributed by atoms with Crippen molar-refractivity contribution in [3.05, 3.63) is 53.9 Å². The molecule has 0 amide bonds. The molecule has 0 radical (unpaired) electrons. The predicted octanol–water partition coefficient (Wildman–Crippen LogP) is 3.68. The summed E-state index contributed by atoms with van der Waals surface area (Å²) in [4.78, 5) is 16.0. The Bertz CT molecular complexity index is 926. The lowest BCUT2D eigenvalue weighted by Gasteiger charge is -2.10. The first-order valence-corrected chi connectivity index (χ1v) is 7.55. The minimum Gasteiger partial charge on any atom is -0.493 e. The molecule has 0 fully saturated rings. The fraction of sp³-hybridized carbons (Fsp3) is 0.158. The molecule has 0 unspecified atom stereocenters. The van der Waals surface area contributed by atoms with Crippen molar-refractivity contribution < 1.29 is 14.3 Å². The average molecular weight is 322 g/mol. The summed E-state index contributed by atoms with van der Waals surface area (Å²) in [7, 11) is 3.51. The standard InChI is InChI=1S/C19H18N2O3/c1-13(22)24-19-14(7-6-10-17(19)23-3)11-12-18-20-15-8-4-5-9-16(15)21(18)2/h4-12H,1-3H3/b12-11+. The van der Waals surface area contributed by atoms with Gasteiger partial charge in [-0.05, 0) is 30.4 Å². The normalized spacial score (nSPS) is 11.1. The zero-order valence-corrected chi connectivity index (χ0v) is 13.8. The highest BCUT2D eigenvalue weighted by molar-refractivity contribution is 5.81. The molecule has 0 aliphatic rings. The molecule has 0 spiro atoms. The third-order valence-electron chi connectivity index (χ3n) is 3.71. The van der Waals surface area contributed by atoms with Gasteiger partial charge in [0.2, 0.25) is 0 Å². The number of fused-ring (bicyclic) bond motifs is 1. The van der Waals surface area contributed by atoms with E-state index in [-0.39, 0.29) is 0 Å². The number of rotatable bonds is 4. The van der Waals surface area contributed by atoms with Gasteiger partial charge in [0.15, 0.2) is 11.5 Å². The van der Waals surface area contributed by atoms with E-state index in [1.807, 2.05) is 60.2 Å². The second-order valence-electron chi connectivity index (χ2n) is 5.32. The lowest BCUT2D eigenvalue weighted by atomic mass is 10.1. The molecule has 1 heterocycles. The zero-order chi connectivity index (χ0) is 17.1. The Kier molecular flexibility index (Phi) is 4.33. The molecule has 5 nitrogen and oxygen atoms in total. The number of hydrogen-bond acceptors (Lipinski definition) is 4. The minimum atomic E-state index is -0.392. The third-order valence-corrected chi connectivity index (χ3v) is 3.71. The summed E-state index contributed by atoms with van der Waals surface area (Å²) >= 11 is 0. The quantitative estimate of drug-likeness (QED) is 0.543. The molecule has 5 heteroatoms. The Morgan fingerprint density at radius 2 is 1.92 bits per heavy atom. The highest BCUT2D eigenvalue weighted by atomic mass is 16.6. The van der Waals surface area contributed by atoms with E-state index in [4.69, 9.17) is 9.47 Å². The first-order chi connectivity index (χ1) is 11.6. The van der Waals surface area contributed by atoms with Gasteiger partial charge in [0.1, 0.15) is 5.82 Å². The van der Waals surface area contributed by atoms with Crippen molar-refractivity contribution >= 4 is 29.2 Å². The van der Waals surface area contributed by atoms with E-state index in [0.29, 0.717) is 11.5 Å². The van der Waals surface area contributed by atoms with Gasteiger partial charge in [-0.3, -0.25) is 4.79 Å².